The molecular weight excluding hydrogens is 160 g/mol. The molecule has 0 aromatic heterocycles. The Morgan fingerprint density at radius 1 is 1.58 bits per heavy atom. The highest BCUT2D eigenvalue weighted by Gasteiger charge is 2.16. The number of aliphatic hydroxyl groups excluding tert-OH is 1. The van der Waals surface area contributed by atoms with Crippen LogP contribution in [-0.4, -0.2) is 29.0 Å². The van der Waals surface area contributed by atoms with E-state index in [4.69, 9.17) is 16.6 Å². The molecule has 68 valence electrons. The van der Waals surface area contributed by atoms with Crippen LogP contribution in [0.4, 0.5) is 0 Å². The van der Waals surface area contributed by atoms with Crippen molar-refractivity contribution in [1.82, 2.24) is 5.32 Å². The van der Waals surface area contributed by atoms with Crippen molar-refractivity contribution in [3.05, 3.63) is 16.6 Å². The number of hydrogen-bond acceptors (Lipinski definition) is 5. The van der Waals surface area contributed by atoms with Gasteiger partial charge in [-0.1, -0.05) is 0 Å². The van der Waals surface area contributed by atoms with Gasteiger partial charge < -0.3 is 16.0 Å². The number of hydrogen-bond donors (Lipinski definition) is 4. The first-order chi connectivity index (χ1) is 5.66. The van der Waals surface area contributed by atoms with Crippen LogP contribution in [0.2, 0.25) is 0 Å². The molecule has 0 unspecified atom stereocenters. The van der Waals surface area contributed by atoms with Gasteiger partial charge in [0.05, 0.1) is 5.70 Å². The molecule has 6 heteroatoms. The lowest BCUT2D eigenvalue weighted by Crippen LogP contribution is -2.45. The fourth-order valence-electron chi connectivity index (χ4n) is 1.00. The van der Waals surface area contributed by atoms with Gasteiger partial charge in [-0.05, 0) is 0 Å². The number of nitrogens with one attached hydrogen (secondary N) is 1. The summed E-state index contributed by atoms with van der Waals surface area (Å²) in [4.78, 5) is 0. The van der Waals surface area contributed by atoms with Crippen molar-refractivity contribution in [3.63, 3.8) is 0 Å². The summed E-state index contributed by atoms with van der Waals surface area (Å²) in [5, 5.41) is 22.4. The topological polar surface area (TPSA) is 110 Å². The smallest absolute Gasteiger partial charge is 0.349 e. The van der Waals surface area contributed by atoms with Gasteiger partial charge in [0.2, 0.25) is 0 Å². The van der Waals surface area contributed by atoms with Gasteiger partial charge in [-0.25, -0.2) is 4.74 Å². The second-order valence-electron chi connectivity index (χ2n) is 2.48. The first-order valence-corrected chi connectivity index (χ1v) is 3.58. The fourth-order valence-corrected chi connectivity index (χ4v) is 1.00. The van der Waals surface area contributed by atoms with Crippen molar-refractivity contribution in [3.8, 4) is 0 Å². The lowest BCUT2D eigenvalue weighted by Gasteiger charge is -2.22. The lowest BCUT2D eigenvalue weighted by atomic mass is 10.2. The SMILES string of the molecule is NC1=C(CCO)[N+]([O-])=C(N)NC1. The van der Waals surface area contributed by atoms with E-state index < -0.39 is 0 Å². The van der Waals surface area contributed by atoms with Gasteiger partial charge in [0, 0.05) is 13.0 Å². The summed E-state index contributed by atoms with van der Waals surface area (Å²) >= 11 is 0. The Kier molecular flexibility index (Phi) is 2.39. The van der Waals surface area contributed by atoms with E-state index in [1.54, 1.807) is 0 Å². The van der Waals surface area contributed by atoms with Crippen molar-refractivity contribution in [2.45, 2.75) is 6.42 Å². The molecule has 1 aliphatic rings. The van der Waals surface area contributed by atoms with Crippen LogP contribution in [0.3, 0.4) is 0 Å². The minimum absolute atomic E-state index is 0.0210. The van der Waals surface area contributed by atoms with Crippen LogP contribution in [-0.2, 0) is 0 Å². The molecule has 6 nitrogen and oxygen atoms in total. The van der Waals surface area contributed by atoms with Gasteiger partial charge in [0.15, 0.2) is 0 Å². The van der Waals surface area contributed by atoms with E-state index in [1.807, 2.05) is 0 Å². The first kappa shape index (κ1) is 8.66. The Morgan fingerprint density at radius 2 is 2.25 bits per heavy atom. The van der Waals surface area contributed by atoms with Crippen LogP contribution in [0.5, 0.6) is 0 Å². The highest BCUT2D eigenvalue weighted by atomic mass is 16.5. The minimum Gasteiger partial charge on any atom is -0.740 e. The lowest BCUT2D eigenvalue weighted by molar-refractivity contribution is -0.412. The number of nitrogens with zero attached hydrogens (tertiary/aromatic N) is 1. The highest BCUT2D eigenvalue weighted by molar-refractivity contribution is 5.74. The van der Waals surface area contributed by atoms with Gasteiger partial charge in [-0.15, -0.1) is 0 Å². The van der Waals surface area contributed by atoms with Gasteiger partial charge in [0.25, 0.3) is 0 Å². The quantitative estimate of drug-likeness (QED) is 0.283. The Labute approximate surface area is 69.7 Å². The Bertz CT molecular complexity index is 246. The molecule has 12 heavy (non-hydrogen) atoms. The molecule has 0 radical (unpaired) electrons. The van der Waals surface area contributed by atoms with Crippen LogP contribution in [0.1, 0.15) is 6.42 Å². The number of rotatable bonds is 2. The predicted octanol–water partition coefficient (Wildman–Crippen LogP) is -2.03. The average molecular weight is 172 g/mol. The summed E-state index contributed by atoms with van der Waals surface area (Å²) in [5.41, 5.74) is 11.6. The summed E-state index contributed by atoms with van der Waals surface area (Å²) in [6.07, 6.45) is 0.234. The molecule has 0 bridgehead atoms. The van der Waals surface area contributed by atoms with Gasteiger partial charge in [-0.2, -0.15) is 0 Å². The zero-order valence-electron chi connectivity index (χ0n) is 6.58. The van der Waals surface area contributed by atoms with E-state index in [9.17, 15) is 5.21 Å². The van der Waals surface area contributed by atoms with E-state index in [2.05, 4.69) is 5.32 Å². The van der Waals surface area contributed by atoms with Crippen LogP contribution in [0.15, 0.2) is 11.4 Å². The highest BCUT2D eigenvalue weighted by Crippen LogP contribution is 2.07. The number of aliphatic hydroxyl groups is 1. The van der Waals surface area contributed by atoms with Crippen LogP contribution in [0, 0.1) is 5.21 Å². The third-order valence-electron chi connectivity index (χ3n) is 1.64. The van der Waals surface area contributed by atoms with Crippen molar-refractivity contribution in [1.29, 1.82) is 0 Å². The van der Waals surface area contributed by atoms with Crippen molar-refractivity contribution in [2.75, 3.05) is 13.2 Å². The van der Waals surface area contributed by atoms with Crippen LogP contribution in [0.25, 0.3) is 0 Å². The van der Waals surface area contributed by atoms with Gasteiger partial charge in [0.1, 0.15) is 12.2 Å². The molecule has 0 amide bonds. The normalized spacial score (nSPS) is 18.1. The zero-order valence-corrected chi connectivity index (χ0v) is 6.58. The number of nitrogens with two attached hydrogens (primary N) is 2. The molecule has 0 saturated heterocycles. The Hall–Kier alpha value is -1.43. The molecule has 1 rings (SSSR count). The maximum absolute atomic E-state index is 11.2. The molecule has 1 heterocycles. The predicted molar refractivity (Wildman–Crippen MR) is 43.7 cm³/mol. The standard InChI is InChI=1S/C6H12N4O2/c7-4-3-9-6(8)10(12)5(4)1-2-11/h9,11H,1-3,7-8H2. The van der Waals surface area contributed by atoms with Crippen molar-refractivity contribution < 1.29 is 9.85 Å². The molecule has 6 N–H and O–H groups in total. The summed E-state index contributed by atoms with van der Waals surface area (Å²) in [5.74, 6) is 0.0210. The number of hydroxylamine groups is 1. The van der Waals surface area contributed by atoms with E-state index in [1.165, 1.54) is 0 Å². The van der Waals surface area contributed by atoms with Crippen LogP contribution < -0.4 is 16.8 Å². The molecule has 0 spiro atoms. The Balaban J connectivity index is 2.90. The minimum atomic E-state index is -0.109. The molecule has 0 aromatic carbocycles. The van der Waals surface area contributed by atoms with E-state index in [0.717, 1.165) is 0 Å². The van der Waals surface area contributed by atoms with E-state index in [0.29, 0.717) is 22.7 Å². The average Bonchev–Trinajstić information content (AvgIpc) is 2.06. The summed E-state index contributed by atoms with van der Waals surface area (Å²) in [6.45, 7) is 0.252. The fraction of sp³-hybridized carbons (Fsp3) is 0.500. The van der Waals surface area contributed by atoms with Gasteiger partial charge in [-0.3, -0.25) is 11.1 Å². The molecular formula is C6H12N4O2. The molecule has 0 aromatic rings. The monoisotopic (exact) mass is 172 g/mol. The molecule has 0 atom stereocenters. The summed E-state index contributed by atoms with van der Waals surface area (Å²) < 4.78 is 0.509. The third-order valence-corrected chi connectivity index (χ3v) is 1.64. The molecule has 0 aliphatic carbocycles. The second-order valence-corrected chi connectivity index (χ2v) is 2.48. The van der Waals surface area contributed by atoms with Gasteiger partial charge >= 0.3 is 5.96 Å². The first-order valence-electron chi connectivity index (χ1n) is 3.58. The maximum atomic E-state index is 11.2. The summed E-state index contributed by atoms with van der Waals surface area (Å²) in [7, 11) is 0. The molecule has 0 saturated carbocycles. The molecule has 0 fully saturated rings. The zero-order chi connectivity index (χ0) is 9.14. The Morgan fingerprint density at radius 3 is 2.83 bits per heavy atom. The van der Waals surface area contributed by atoms with E-state index in [-0.39, 0.29) is 19.0 Å². The second kappa shape index (κ2) is 3.31. The summed E-state index contributed by atoms with van der Waals surface area (Å²) in [6, 6.07) is 0. The molecule has 1 aliphatic heterocycles. The van der Waals surface area contributed by atoms with Crippen molar-refractivity contribution in [2.24, 2.45) is 11.5 Å². The largest absolute Gasteiger partial charge is 0.740 e. The number of guanidine groups is 1. The third kappa shape index (κ3) is 1.42. The maximum Gasteiger partial charge on any atom is 0.349 e. The van der Waals surface area contributed by atoms with Crippen LogP contribution >= 0.6 is 0 Å². The van der Waals surface area contributed by atoms with Crippen molar-refractivity contribution >= 4 is 5.96 Å². The van der Waals surface area contributed by atoms with E-state index >= 15 is 0 Å².